The summed E-state index contributed by atoms with van der Waals surface area (Å²) >= 11 is 0. The maximum Gasteiger partial charge on any atom is 0.246 e. The van der Waals surface area contributed by atoms with E-state index in [1.807, 2.05) is 9.80 Å². The van der Waals surface area contributed by atoms with Gasteiger partial charge in [-0.2, -0.15) is 0 Å². The average molecular weight is 279 g/mol. The highest BCUT2D eigenvalue weighted by Gasteiger charge is 2.43. The minimum atomic E-state index is -0.165. The molecule has 0 N–H and O–H groups in total. The van der Waals surface area contributed by atoms with Gasteiger partial charge >= 0.3 is 0 Å². The van der Waals surface area contributed by atoms with Crippen LogP contribution >= 0.6 is 0 Å². The summed E-state index contributed by atoms with van der Waals surface area (Å²) in [5, 5.41) is 0. The standard InChI is InChI=1S/C15H25N3O2/c1-2-16-8-5-6-12(10-16)18-11-14(19)17-9-4-3-7-13(17)15(18)20/h12-13H,2-11H2,1H3. The van der Waals surface area contributed by atoms with E-state index >= 15 is 0 Å². The molecular weight excluding hydrogens is 254 g/mol. The van der Waals surface area contributed by atoms with Gasteiger partial charge in [-0.15, -0.1) is 0 Å². The minimum Gasteiger partial charge on any atom is -0.329 e. The quantitative estimate of drug-likeness (QED) is 0.747. The van der Waals surface area contributed by atoms with E-state index in [1.54, 1.807) is 0 Å². The van der Waals surface area contributed by atoms with Gasteiger partial charge in [-0.25, -0.2) is 0 Å². The van der Waals surface area contributed by atoms with Crippen molar-refractivity contribution in [1.82, 2.24) is 14.7 Å². The second-order valence-corrected chi connectivity index (χ2v) is 6.25. The fraction of sp³-hybridized carbons (Fsp3) is 0.867. The maximum absolute atomic E-state index is 12.7. The van der Waals surface area contributed by atoms with Crippen LogP contribution < -0.4 is 0 Å². The predicted molar refractivity (Wildman–Crippen MR) is 76.2 cm³/mol. The van der Waals surface area contributed by atoms with E-state index < -0.39 is 0 Å². The topological polar surface area (TPSA) is 43.9 Å². The zero-order chi connectivity index (χ0) is 14.1. The molecule has 0 aromatic carbocycles. The summed E-state index contributed by atoms with van der Waals surface area (Å²) < 4.78 is 0. The second kappa shape index (κ2) is 5.72. The van der Waals surface area contributed by atoms with Crippen molar-refractivity contribution in [3.05, 3.63) is 0 Å². The molecule has 0 aliphatic carbocycles. The number of hydrogen-bond acceptors (Lipinski definition) is 3. The predicted octanol–water partition coefficient (Wildman–Crippen LogP) is 0.694. The molecule has 3 heterocycles. The first-order valence-electron chi connectivity index (χ1n) is 8.03. The van der Waals surface area contributed by atoms with E-state index in [-0.39, 0.29) is 23.9 Å². The van der Waals surface area contributed by atoms with E-state index in [2.05, 4.69) is 11.8 Å². The Bertz CT molecular complexity index is 399. The van der Waals surface area contributed by atoms with E-state index in [4.69, 9.17) is 0 Å². The first-order chi connectivity index (χ1) is 9.70. The number of piperidine rings is 2. The number of amides is 2. The molecule has 20 heavy (non-hydrogen) atoms. The number of likely N-dealkylation sites (tertiary alicyclic amines) is 1. The number of rotatable bonds is 2. The van der Waals surface area contributed by atoms with Gasteiger partial charge in [-0.05, 0) is 45.2 Å². The number of likely N-dealkylation sites (N-methyl/N-ethyl adjacent to an activating group) is 1. The molecular formula is C15H25N3O2. The molecule has 0 radical (unpaired) electrons. The molecule has 5 nitrogen and oxygen atoms in total. The fourth-order valence-corrected chi connectivity index (χ4v) is 3.87. The monoisotopic (exact) mass is 279 g/mol. The van der Waals surface area contributed by atoms with Gasteiger partial charge in [0.25, 0.3) is 0 Å². The molecule has 3 aliphatic rings. The zero-order valence-electron chi connectivity index (χ0n) is 12.4. The molecule has 2 unspecified atom stereocenters. The lowest BCUT2D eigenvalue weighted by Gasteiger charge is -2.47. The van der Waals surface area contributed by atoms with Gasteiger partial charge in [0.1, 0.15) is 12.6 Å². The van der Waals surface area contributed by atoms with Crippen LogP contribution in [-0.2, 0) is 9.59 Å². The third-order valence-corrected chi connectivity index (χ3v) is 5.07. The van der Waals surface area contributed by atoms with Gasteiger partial charge < -0.3 is 14.7 Å². The second-order valence-electron chi connectivity index (χ2n) is 6.25. The van der Waals surface area contributed by atoms with Gasteiger partial charge in [0.05, 0.1) is 0 Å². The Kier molecular flexibility index (Phi) is 3.96. The lowest BCUT2D eigenvalue weighted by Crippen LogP contribution is -2.65. The lowest BCUT2D eigenvalue weighted by atomic mass is 9.95. The molecule has 0 bridgehead atoms. The van der Waals surface area contributed by atoms with Crippen molar-refractivity contribution in [2.45, 2.75) is 51.1 Å². The van der Waals surface area contributed by atoms with E-state index in [0.29, 0.717) is 6.54 Å². The van der Waals surface area contributed by atoms with Gasteiger partial charge in [0.15, 0.2) is 0 Å². The molecule has 112 valence electrons. The summed E-state index contributed by atoms with van der Waals surface area (Å²) in [6.45, 7) is 6.32. The van der Waals surface area contributed by atoms with Crippen molar-refractivity contribution in [3.63, 3.8) is 0 Å². The number of nitrogens with zero attached hydrogens (tertiary/aromatic N) is 3. The van der Waals surface area contributed by atoms with Crippen LogP contribution in [0.15, 0.2) is 0 Å². The molecule has 0 saturated carbocycles. The summed E-state index contributed by atoms with van der Waals surface area (Å²) in [7, 11) is 0. The average Bonchev–Trinajstić information content (AvgIpc) is 2.51. The molecule has 0 spiro atoms. The summed E-state index contributed by atoms with van der Waals surface area (Å²) in [4.78, 5) is 31.1. The van der Waals surface area contributed by atoms with Crippen LogP contribution in [0.4, 0.5) is 0 Å². The summed E-state index contributed by atoms with van der Waals surface area (Å²) in [6, 6.07) is 0.0752. The summed E-state index contributed by atoms with van der Waals surface area (Å²) in [6.07, 6.45) is 5.14. The van der Waals surface area contributed by atoms with Crippen molar-refractivity contribution in [3.8, 4) is 0 Å². The fourth-order valence-electron chi connectivity index (χ4n) is 3.87. The van der Waals surface area contributed by atoms with Crippen molar-refractivity contribution in [2.24, 2.45) is 0 Å². The Labute approximate surface area is 120 Å². The number of piperazine rings is 1. The van der Waals surface area contributed by atoms with Crippen molar-refractivity contribution < 1.29 is 9.59 Å². The largest absolute Gasteiger partial charge is 0.329 e. The maximum atomic E-state index is 12.7. The van der Waals surface area contributed by atoms with Crippen LogP contribution in [0.2, 0.25) is 0 Å². The molecule has 0 aromatic heterocycles. The molecule has 3 rings (SSSR count). The van der Waals surface area contributed by atoms with Gasteiger partial charge in [-0.1, -0.05) is 6.92 Å². The molecule has 2 atom stereocenters. The highest BCUT2D eigenvalue weighted by atomic mass is 16.2. The van der Waals surface area contributed by atoms with Crippen molar-refractivity contribution >= 4 is 11.8 Å². The zero-order valence-corrected chi connectivity index (χ0v) is 12.4. The number of carbonyl (C=O) groups excluding carboxylic acids is 2. The molecule has 3 fully saturated rings. The smallest absolute Gasteiger partial charge is 0.246 e. The SMILES string of the molecule is CCN1CCCC(N2CC(=O)N3CCCCC3C2=O)C1. The van der Waals surface area contributed by atoms with Crippen molar-refractivity contribution in [2.75, 3.05) is 32.7 Å². The molecule has 3 saturated heterocycles. The van der Waals surface area contributed by atoms with Gasteiger partial charge in [-0.3, -0.25) is 9.59 Å². The van der Waals surface area contributed by atoms with Crippen LogP contribution in [0.5, 0.6) is 0 Å². The Hall–Kier alpha value is -1.10. The minimum absolute atomic E-state index is 0.155. The van der Waals surface area contributed by atoms with Crippen LogP contribution in [0.25, 0.3) is 0 Å². The Morgan fingerprint density at radius 1 is 1.05 bits per heavy atom. The Balaban J connectivity index is 1.73. The number of carbonyl (C=O) groups is 2. The summed E-state index contributed by atoms with van der Waals surface area (Å²) in [5.41, 5.74) is 0. The van der Waals surface area contributed by atoms with Gasteiger partial charge in [0, 0.05) is 19.1 Å². The highest BCUT2D eigenvalue weighted by molar-refractivity contribution is 5.95. The lowest BCUT2D eigenvalue weighted by molar-refractivity contribution is -0.161. The molecule has 3 aliphatic heterocycles. The van der Waals surface area contributed by atoms with Crippen LogP contribution in [0, 0.1) is 0 Å². The van der Waals surface area contributed by atoms with E-state index in [9.17, 15) is 9.59 Å². The van der Waals surface area contributed by atoms with Gasteiger partial charge in [0.2, 0.25) is 11.8 Å². The first kappa shape index (κ1) is 13.9. The summed E-state index contributed by atoms with van der Waals surface area (Å²) in [5.74, 6) is 0.357. The number of hydrogen-bond donors (Lipinski definition) is 0. The molecule has 0 aromatic rings. The third-order valence-electron chi connectivity index (χ3n) is 5.07. The van der Waals surface area contributed by atoms with Crippen LogP contribution in [-0.4, -0.2) is 71.3 Å². The van der Waals surface area contributed by atoms with E-state index in [0.717, 1.165) is 58.3 Å². The Morgan fingerprint density at radius 2 is 1.90 bits per heavy atom. The molecule has 2 amide bonds. The highest BCUT2D eigenvalue weighted by Crippen LogP contribution is 2.26. The molecule has 5 heteroatoms. The Morgan fingerprint density at radius 3 is 2.70 bits per heavy atom. The first-order valence-corrected chi connectivity index (χ1v) is 8.03. The number of fused-ring (bicyclic) bond motifs is 1. The third kappa shape index (κ3) is 2.43. The van der Waals surface area contributed by atoms with E-state index in [1.165, 1.54) is 0 Å². The van der Waals surface area contributed by atoms with Crippen molar-refractivity contribution in [1.29, 1.82) is 0 Å². The normalized spacial score (nSPS) is 32.5. The van der Waals surface area contributed by atoms with Crippen LogP contribution in [0.1, 0.15) is 39.0 Å². The van der Waals surface area contributed by atoms with Crippen LogP contribution in [0.3, 0.4) is 0 Å².